The second-order valence-electron chi connectivity index (χ2n) is 11.6. The molecule has 9 aromatic rings. The van der Waals surface area contributed by atoms with Crippen LogP contribution in [0.1, 0.15) is 20.9 Å². The van der Waals surface area contributed by atoms with Crippen molar-refractivity contribution in [1.29, 1.82) is 0 Å². The van der Waals surface area contributed by atoms with E-state index in [0.717, 1.165) is 22.3 Å². The van der Waals surface area contributed by atoms with Gasteiger partial charge in [0.2, 0.25) is 0 Å². The summed E-state index contributed by atoms with van der Waals surface area (Å²) < 4.78 is 101. The molecule has 0 aliphatic heterocycles. The van der Waals surface area contributed by atoms with Gasteiger partial charge in [-0.2, -0.15) is 0 Å². The molecule has 8 aromatic carbocycles. The van der Waals surface area contributed by atoms with Gasteiger partial charge in [-0.25, -0.2) is 4.98 Å². The number of benzene rings is 8. The first kappa shape index (κ1) is 18.8. The lowest BCUT2D eigenvalue weighted by molar-refractivity contribution is 1.00. The van der Waals surface area contributed by atoms with Crippen molar-refractivity contribution >= 4 is 32.6 Å². The normalized spacial score (nSPS) is 15.0. The number of rotatable bonds is 5. The number of aryl methyl sites for hydroxylation is 1. The number of imidazole rings is 1. The third-order valence-electron chi connectivity index (χ3n) is 8.79. The lowest BCUT2D eigenvalue weighted by atomic mass is 9.84. The fourth-order valence-electron chi connectivity index (χ4n) is 6.70. The maximum atomic E-state index is 9.55. The van der Waals surface area contributed by atoms with Gasteiger partial charge in [0.1, 0.15) is 5.82 Å². The average molecular weight is 624 g/mol. The third kappa shape index (κ3) is 4.61. The van der Waals surface area contributed by atoms with Gasteiger partial charge in [-0.05, 0) is 104 Å². The van der Waals surface area contributed by atoms with Gasteiger partial charge in [0.05, 0.1) is 27.7 Å². The Hall–Kier alpha value is -6.25. The maximum absolute atomic E-state index is 9.55. The molecular weight excluding hydrogens is 581 g/mol. The van der Waals surface area contributed by atoms with E-state index in [9.17, 15) is 5.48 Å². The van der Waals surface area contributed by atoms with Crippen LogP contribution in [0.25, 0.3) is 82.8 Å². The minimum Gasteiger partial charge on any atom is -0.296 e. The number of para-hydroxylation sites is 3. The molecule has 0 N–H and O–H groups in total. The molecule has 0 unspecified atom stereocenters. The highest BCUT2D eigenvalue weighted by Gasteiger charge is 2.21. The second-order valence-corrected chi connectivity index (χ2v) is 11.6. The molecule has 0 amide bonds. The number of nitrogens with zero attached hydrogens (tertiary/aromatic N) is 2. The summed E-state index contributed by atoms with van der Waals surface area (Å²) in [6, 6.07) is 35.0. The predicted octanol–water partition coefficient (Wildman–Crippen LogP) is 12.3. The lowest BCUT2D eigenvalue weighted by Crippen LogP contribution is -2.00. The summed E-state index contributed by atoms with van der Waals surface area (Å²) in [7, 11) is 0. The molecule has 0 bridgehead atoms. The van der Waals surface area contributed by atoms with Crippen LogP contribution in [0.4, 0.5) is 0 Å². The summed E-state index contributed by atoms with van der Waals surface area (Å²) >= 11 is 0. The maximum Gasteiger partial charge on any atom is 0.111 e. The Balaban J connectivity index is 1.53. The summed E-state index contributed by atoms with van der Waals surface area (Å²) in [5.41, 5.74) is 5.53. The molecule has 226 valence electrons. The zero-order chi connectivity index (χ0) is 41.5. The molecule has 0 atom stereocenters. The van der Waals surface area contributed by atoms with Crippen molar-refractivity contribution in [3.63, 3.8) is 0 Å². The minimum absolute atomic E-state index is 0.0159. The zero-order valence-electron chi connectivity index (χ0n) is 36.5. The van der Waals surface area contributed by atoms with Gasteiger partial charge in [0, 0.05) is 9.68 Å². The molecule has 9 rings (SSSR count). The Morgan fingerprint density at radius 1 is 0.500 bits per heavy atom. The molecule has 0 aliphatic rings. The van der Waals surface area contributed by atoms with E-state index in [0.29, 0.717) is 22.3 Å². The molecule has 2 heteroatoms. The predicted molar refractivity (Wildman–Crippen MR) is 203 cm³/mol. The molecule has 1 aromatic heterocycles. The van der Waals surface area contributed by atoms with Crippen molar-refractivity contribution in [3.8, 4) is 50.2 Å². The molecular formula is C46H32N2. The van der Waals surface area contributed by atoms with Crippen molar-refractivity contribution in [3.05, 3.63) is 182 Å². The van der Waals surface area contributed by atoms with Crippen LogP contribution in [0.5, 0.6) is 0 Å². The van der Waals surface area contributed by atoms with Crippen LogP contribution in [-0.4, -0.2) is 9.55 Å². The highest BCUT2D eigenvalue weighted by atomic mass is 15.1. The highest BCUT2D eigenvalue weighted by Crippen LogP contribution is 2.46. The fourth-order valence-corrected chi connectivity index (χ4v) is 6.70. The molecule has 0 aliphatic carbocycles. The molecule has 0 radical (unpaired) electrons. The van der Waals surface area contributed by atoms with Gasteiger partial charge in [-0.3, -0.25) is 4.57 Å². The molecule has 48 heavy (non-hydrogen) atoms. The van der Waals surface area contributed by atoms with Crippen molar-refractivity contribution in [1.82, 2.24) is 9.55 Å². The second kappa shape index (κ2) is 11.5. The van der Waals surface area contributed by atoms with Crippen LogP contribution >= 0.6 is 0 Å². The summed E-state index contributed by atoms with van der Waals surface area (Å²) in [6.07, 6.45) is 0. The molecule has 0 fully saturated rings. The topological polar surface area (TPSA) is 17.8 Å². The van der Waals surface area contributed by atoms with Crippen LogP contribution in [0, 0.1) is 6.85 Å². The number of hydrogen-bond acceptors (Lipinski definition) is 1. The third-order valence-corrected chi connectivity index (χ3v) is 8.79. The van der Waals surface area contributed by atoms with Crippen molar-refractivity contribution in [2.75, 3.05) is 0 Å². The first-order valence-corrected chi connectivity index (χ1v) is 15.6. The molecule has 0 spiro atoms. The van der Waals surface area contributed by atoms with E-state index in [1.54, 1.807) is 48.5 Å². The monoisotopic (exact) mass is 623 g/mol. The standard InChI is InChI=1S/C46H32N2/c1-31-47-42-25-13-15-27-44(42)48(31)43-26-14-12-24-41(43)46-39-22-10-8-20-37(39)45(38-21-9-11-23-40(38)46)36-29-34(32-16-4-2-5-17-32)28-35(30-36)33-18-6-3-7-19-33/h2-30H,1H3/i1D3,8D,9D,10D,11D,20D,21D,22D,23D. The zero-order valence-corrected chi connectivity index (χ0v) is 25.5. The van der Waals surface area contributed by atoms with Crippen LogP contribution < -0.4 is 0 Å². The summed E-state index contributed by atoms with van der Waals surface area (Å²) in [5.74, 6) is -0.244. The van der Waals surface area contributed by atoms with Gasteiger partial charge in [0.15, 0.2) is 0 Å². The van der Waals surface area contributed by atoms with E-state index in [4.69, 9.17) is 9.60 Å². The number of aromatic nitrogens is 2. The van der Waals surface area contributed by atoms with Crippen molar-refractivity contribution in [2.24, 2.45) is 0 Å². The quantitative estimate of drug-likeness (QED) is 0.174. The smallest absolute Gasteiger partial charge is 0.111 e. The first-order valence-electron chi connectivity index (χ1n) is 21.1. The van der Waals surface area contributed by atoms with Crippen LogP contribution in [0.15, 0.2) is 176 Å². The summed E-state index contributed by atoms with van der Waals surface area (Å²) in [6.45, 7) is -2.69. The van der Waals surface area contributed by atoms with E-state index in [1.165, 1.54) is 4.57 Å². The van der Waals surface area contributed by atoms with Gasteiger partial charge < -0.3 is 0 Å². The molecule has 2 nitrogen and oxygen atoms in total. The average Bonchev–Trinajstić information content (AvgIpc) is 3.66. The molecule has 0 saturated heterocycles. The Morgan fingerprint density at radius 3 is 1.60 bits per heavy atom. The summed E-state index contributed by atoms with van der Waals surface area (Å²) in [4.78, 5) is 4.51. The largest absolute Gasteiger partial charge is 0.296 e. The Labute approximate surface area is 295 Å². The Bertz CT molecular complexity index is 3040. The van der Waals surface area contributed by atoms with Crippen LogP contribution in [0.3, 0.4) is 0 Å². The van der Waals surface area contributed by atoms with Crippen LogP contribution in [-0.2, 0) is 0 Å². The van der Waals surface area contributed by atoms with Crippen molar-refractivity contribution in [2.45, 2.75) is 6.85 Å². The number of fused-ring (bicyclic) bond motifs is 3. The van der Waals surface area contributed by atoms with Gasteiger partial charge in [-0.15, -0.1) is 0 Å². The minimum atomic E-state index is -2.69. The Morgan fingerprint density at radius 2 is 1.00 bits per heavy atom. The number of hydrogen-bond donors (Lipinski definition) is 0. The van der Waals surface area contributed by atoms with E-state index in [-0.39, 0.29) is 44.1 Å². The van der Waals surface area contributed by atoms with E-state index in [2.05, 4.69) is 4.98 Å². The summed E-state index contributed by atoms with van der Waals surface area (Å²) in [5, 5.41) is 0.132. The Kier molecular flexibility index (Phi) is 4.51. The highest BCUT2D eigenvalue weighted by molar-refractivity contribution is 6.22. The van der Waals surface area contributed by atoms with E-state index in [1.807, 2.05) is 78.9 Å². The lowest BCUT2D eigenvalue weighted by Gasteiger charge is -2.21. The van der Waals surface area contributed by atoms with Crippen molar-refractivity contribution < 1.29 is 15.1 Å². The van der Waals surface area contributed by atoms with Crippen LogP contribution in [0.2, 0.25) is 0 Å². The van der Waals surface area contributed by atoms with Gasteiger partial charge >= 0.3 is 0 Å². The van der Waals surface area contributed by atoms with E-state index < -0.39 is 55.2 Å². The SMILES string of the molecule is [2H]c1c([2H])c([2H])c2c(-c3ccccc3-n3c(C([2H])([2H])[2H])nc4ccccc43)c3c([2H])c([2H])c([2H])c([2H])c3c(-c3cc(-c4ccccc4)cc(-c4ccccc4)c3)c2c1[2H]. The molecule has 1 heterocycles. The van der Waals surface area contributed by atoms with Gasteiger partial charge in [0.25, 0.3) is 0 Å². The first-order chi connectivity index (χ1) is 28.3. The van der Waals surface area contributed by atoms with Gasteiger partial charge in [-0.1, -0.05) is 139 Å². The fraction of sp³-hybridized carbons (Fsp3) is 0.0217. The van der Waals surface area contributed by atoms with E-state index >= 15 is 0 Å². The molecule has 0 saturated carbocycles.